The first-order chi connectivity index (χ1) is 12.9. The minimum atomic E-state index is -3.04. The zero-order valence-corrected chi connectivity index (χ0v) is 15.8. The number of Topliss-reactive ketones (excluding diaryl/α,β-unsaturated/α-hetero) is 1. The Morgan fingerprint density at radius 2 is 2.04 bits per heavy atom. The van der Waals surface area contributed by atoms with Crippen molar-refractivity contribution in [2.45, 2.75) is 50.0 Å². The van der Waals surface area contributed by atoms with Crippen LogP contribution in [0, 0.1) is 0 Å². The highest BCUT2D eigenvalue weighted by atomic mass is 32.2. The molecule has 1 aliphatic heterocycles. The van der Waals surface area contributed by atoms with Crippen molar-refractivity contribution in [3.8, 4) is 0 Å². The number of fused-ring (bicyclic) bond motifs is 4. The molecular formula is C20H22N2O4S. The lowest BCUT2D eigenvalue weighted by Crippen LogP contribution is -2.35. The van der Waals surface area contributed by atoms with Gasteiger partial charge in [0.2, 0.25) is 0 Å². The molecule has 1 saturated heterocycles. The van der Waals surface area contributed by atoms with Gasteiger partial charge in [-0.1, -0.05) is 0 Å². The minimum absolute atomic E-state index is 0.0121. The molecule has 5 rings (SSSR count). The number of rotatable bonds is 2. The molecule has 1 unspecified atom stereocenters. The van der Waals surface area contributed by atoms with Crippen molar-refractivity contribution >= 4 is 32.4 Å². The van der Waals surface area contributed by atoms with E-state index >= 15 is 0 Å². The Morgan fingerprint density at radius 3 is 2.74 bits per heavy atom. The molecule has 27 heavy (non-hydrogen) atoms. The van der Waals surface area contributed by atoms with Crippen LogP contribution in [0.5, 0.6) is 0 Å². The van der Waals surface area contributed by atoms with Crippen LogP contribution in [-0.2, 0) is 15.3 Å². The molecule has 1 aromatic carbocycles. The summed E-state index contributed by atoms with van der Waals surface area (Å²) in [6.45, 7) is 0. The van der Waals surface area contributed by atoms with E-state index in [-0.39, 0.29) is 34.7 Å². The molecule has 0 radical (unpaired) electrons. The van der Waals surface area contributed by atoms with Gasteiger partial charge in [-0.2, -0.15) is 0 Å². The van der Waals surface area contributed by atoms with Crippen molar-refractivity contribution in [2.24, 2.45) is 0 Å². The Kier molecular flexibility index (Phi) is 3.57. The molecule has 1 saturated carbocycles. The first-order valence-corrected chi connectivity index (χ1v) is 11.4. The lowest BCUT2D eigenvalue weighted by atomic mass is 9.90. The molecule has 2 N–H and O–H groups in total. The maximum Gasteiger partial charge on any atom is 0.251 e. The van der Waals surface area contributed by atoms with Crippen LogP contribution in [0.3, 0.4) is 0 Å². The summed E-state index contributed by atoms with van der Waals surface area (Å²) in [5.41, 5.74) is 3.31. The zero-order valence-electron chi connectivity index (χ0n) is 15.0. The fourth-order valence-corrected chi connectivity index (χ4v) is 6.43. The van der Waals surface area contributed by atoms with Gasteiger partial charge in [-0.3, -0.25) is 9.59 Å². The second kappa shape index (κ2) is 5.67. The molecule has 3 aliphatic rings. The van der Waals surface area contributed by atoms with E-state index in [1.54, 1.807) is 6.07 Å². The molecule has 142 valence electrons. The highest BCUT2D eigenvalue weighted by Gasteiger charge is 2.48. The first kappa shape index (κ1) is 17.0. The average molecular weight is 386 g/mol. The molecule has 1 aromatic heterocycles. The fraction of sp³-hybridized carbons (Fsp3) is 0.500. The SMILES string of the molecule is O=C(NC1CCS(=O)(=O)C1)c1ccc2[nH]c3c(c2c1)C1(CCCC3=O)CC1. The fourth-order valence-electron chi connectivity index (χ4n) is 4.76. The minimum Gasteiger partial charge on any atom is -0.352 e. The quantitative estimate of drug-likeness (QED) is 0.829. The van der Waals surface area contributed by atoms with Gasteiger partial charge >= 0.3 is 0 Å². The van der Waals surface area contributed by atoms with E-state index in [0.717, 1.165) is 47.8 Å². The maximum absolute atomic E-state index is 12.7. The van der Waals surface area contributed by atoms with Crippen LogP contribution < -0.4 is 5.32 Å². The molecular weight excluding hydrogens is 364 g/mol. The second-order valence-corrected chi connectivity index (χ2v) is 10.5. The summed E-state index contributed by atoms with van der Waals surface area (Å²) in [7, 11) is -3.04. The molecule has 2 fully saturated rings. The van der Waals surface area contributed by atoms with Crippen molar-refractivity contribution < 1.29 is 18.0 Å². The number of ketones is 1. The van der Waals surface area contributed by atoms with E-state index in [0.29, 0.717) is 18.4 Å². The Hall–Kier alpha value is -2.15. The van der Waals surface area contributed by atoms with Gasteiger partial charge in [-0.25, -0.2) is 8.42 Å². The summed E-state index contributed by atoms with van der Waals surface area (Å²) in [6.07, 6.45) is 5.17. The van der Waals surface area contributed by atoms with Crippen LogP contribution in [-0.4, -0.2) is 42.6 Å². The summed E-state index contributed by atoms with van der Waals surface area (Å²) in [4.78, 5) is 28.5. The highest BCUT2D eigenvalue weighted by molar-refractivity contribution is 7.91. The Labute approximate surface area is 157 Å². The summed E-state index contributed by atoms with van der Waals surface area (Å²) < 4.78 is 23.2. The van der Waals surface area contributed by atoms with Gasteiger partial charge in [0.15, 0.2) is 15.6 Å². The van der Waals surface area contributed by atoms with Crippen LogP contribution in [0.25, 0.3) is 10.9 Å². The Balaban J connectivity index is 1.51. The monoisotopic (exact) mass is 386 g/mol. The molecule has 1 spiro atoms. The van der Waals surface area contributed by atoms with Crippen LogP contribution in [0.1, 0.15) is 64.9 Å². The molecule has 2 aliphatic carbocycles. The normalized spacial score (nSPS) is 25.3. The average Bonchev–Trinajstić information content (AvgIpc) is 3.20. The van der Waals surface area contributed by atoms with Gasteiger partial charge in [0.1, 0.15) is 0 Å². The van der Waals surface area contributed by atoms with Crippen molar-refractivity contribution in [1.82, 2.24) is 10.3 Å². The van der Waals surface area contributed by atoms with Gasteiger partial charge in [0, 0.05) is 28.9 Å². The topological polar surface area (TPSA) is 96.1 Å². The van der Waals surface area contributed by atoms with Crippen molar-refractivity contribution in [3.63, 3.8) is 0 Å². The molecule has 2 heterocycles. The summed E-state index contributed by atoms with van der Waals surface area (Å²) in [5, 5.41) is 3.81. The van der Waals surface area contributed by atoms with Crippen molar-refractivity contribution in [3.05, 3.63) is 35.0 Å². The van der Waals surface area contributed by atoms with E-state index in [9.17, 15) is 18.0 Å². The van der Waals surface area contributed by atoms with Crippen molar-refractivity contribution in [1.29, 1.82) is 0 Å². The van der Waals surface area contributed by atoms with Crippen LogP contribution >= 0.6 is 0 Å². The predicted octanol–water partition coefficient (Wildman–Crippen LogP) is 2.48. The van der Waals surface area contributed by atoms with E-state index in [4.69, 9.17) is 0 Å². The van der Waals surface area contributed by atoms with Crippen LogP contribution in [0.4, 0.5) is 0 Å². The molecule has 7 heteroatoms. The molecule has 1 atom stereocenters. The largest absolute Gasteiger partial charge is 0.352 e. The van der Waals surface area contributed by atoms with Gasteiger partial charge < -0.3 is 10.3 Å². The smallest absolute Gasteiger partial charge is 0.251 e. The number of amides is 1. The number of sulfone groups is 1. The number of hydrogen-bond donors (Lipinski definition) is 2. The molecule has 1 amide bonds. The zero-order chi connectivity index (χ0) is 18.8. The third-order valence-corrected chi connectivity index (χ3v) is 8.12. The summed E-state index contributed by atoms with van der Waals surface area (Å²) in [6, 6.07) is 5.13. The van der Waals surface area contributed by atoms with E-state index in [2.05, 4.69) is 10.3 Å². The van der Waals surface area contributed by atoms with Crippen LogP contribution in [0.2, 0.25) is 0 Å². The molecule has 0 bridgehead atoms. The molecule has 6 nitrogen and oxygen atoms in total. The van der Waals surface area contributed by atoms with E-state index < -0.39 is 9.84 Å². The number of aromatic nitrogens is 1. The number of nitrogens with one attached hydrogen (secondary N) is 2. The Morgan fingerprint density at radius 1 is 1.22 bits per heavy atom. The summed E-state index contributed by atoms with van der Waals surface area (Å²) in [5.74, 6) is 0.0522. The van der Waals surface area contributed by atoms with E-state index in [1.807, 2.05) is 12.1 Å². The van der Waals surface area contributed by atoms with Gasteiger partial charge in [-0.05, 0) is 61.3 Å². The predicted molar refractivity (Wildman–Crippen MR) is 102 cm³/mol. The standard InChI is InChI=1S/C20H22N2O4S/c23-16-2-1-6-20(7-8-20)17-14-10-12(3-4-15(14)22-18(16)17)19(24)21-13-5-9-27(25,26)11-13/h3-4,10,13,22H,1-2,5-9,11H2,(H,21,24). The third-order valence-electron chi connectivity index (χ3n) is 6.35. The highest BCUT2D eigenvalue weighted by Crippen LogP contribution is 2.56. The summed E-state index contributed by atoms with van der Waals surface area (Å²) >= 11 is 0. The lowest BCUT2D eigenvalue weighted by molar-refractivity contribution is 0.0939. The number of H-pyrrole nitrogens is 1. The Bertz CT molecular complexity index is 1080. The second-order valence-electron chi connectivity index (χ2n) is 8.27. The van der Waals surface area contributed by atoms with Gasteiger partial charge in [0.25, 0.3) is 5.91 Å². The third kappa shape index (κ3) is 2.79. The van der Waals surface area contributed by atoms with Gasteiger partial charge in [-0.15, -0.1) is 0 Å². The number of benzene rings is 1. The lowest BCUT2D eigenvalue weighted by Gasteiger charge is -2.14. The molecule has 2 aromatic rings. The number of carbonyl (C=O) groups is 2. The van der Waals surface area contributed by atoms with Crippen molar-refractivity contribution in [2.75, 3.05) is 11.5 Å². The maximum atomic E-state index is 12.7. The van der Waals surface area contributed by atoms with Gasteiger partial charge in [0.05, 0.1) is 17.2 Å². The van der Waals surface area contributed by atoms with Crippen LogP contribution in [0.15, 0.2) is 18.2 Å². The number of carbonyl (C=O) groups excluding carboxylic acids is 2. The van der Waals surface area contributed by atoms with E-state index in [1.165, 1.54) is 0 Å². The number of aromatic amines is 1. The number of hydrogen-bond acceptors (Lipinski definition) is 4. The first-order valence-electron chi connectivity index (χ1n) is 9.58.